The fourth-order valence-corrected chi connectivity index (χ4v) is 2.56. The van der Waals surface area contributed by atoms with Gasteiger partial charge >= 0.3 is 5.97 Å². The van der Waals surface area contributed by atoms with Gasteiger partial charge in [0, 0.05) is 0 Å². The third-order valence-corrected chi connectivity index (χ3v) is 3.69. The Morgan fingerprint density at radius 1 is 1.28 bits per heavy atom. The van der Waals surface area contributed by atoms with Crippen molar-refractivity contribution in [3.63, 3.8) is 0 Å². The molecular formula is C16H22O2. The Bertz CT molecular complexity index is 429. The number of esters is 1. The Morgan fingerprint density at radius 2 is 1.94 bits per heavy atom. The van der Waals surface area contributed by atoms with Gasteiger partial charge < -0.3 is 4.74 Å². The molecule has 0 amide bonds. The van der Waals surface area contributed by atoms with Gasteiger partial charge in [-0.05, 0) is 42.9 Å². The van der Waals surface area contributed by atoms with Crippen LogP contribution in [0, 0.1) is 12.8 Å². The second-order valence-electron chi connectivity index (χ2n) is 5.60. The SMILES string of the molecule is Cc1ccc(C(C)C)c(OC(=O)C2CCCC2)c1. The molecule has 1 saturated carbocycles. The van der Waals surface area contributed by atoms with Crippen LogP contribution in [0.25, 0.3) is 0 Å². The first-order valence-electron chi connectivity index (χ1n) is 6.90. The van der Waals surface area contributed by atoms with Crippen LogP contribution in [0.1, 0.15) is 56.6 Å². The zero-order chi connectivity index (χ0) is 13.1. The zero-order valence-electron chi connectivity index (χ0n) is 11.5. The molecule has 0 saturated heterocycles. The standard InChI is InChI=1S/C16H22O2/c1-11(2)14-9-8-12(3)10-15(14)18-16(17)13-6-4-5-7-13/h8-11,13H,4-7H2,1-3H3. The maximum atomic E-state index is 12.1. The van der Waals surface area contributed by atoms with Crippen molar-refractivity contribution in [1.29, 1.82) is 0 Å². The van der Waals surface area contributed by atoms with Crippen LogP contribution in [0.15, 0.2) is 18.2 Å². The van der Waals surface area contributed by atoms with E-state index in [-0.39, 0.29) is 11.9 Å². The predicted octanol–water partition coefficient (Wildman–Crippen LogP) is 4.21. The number of carbonyl (C=O) groups is 1. The molecule has 0 radical (unpaired) electrons. The van der Waals surface area contributed by atoms with Crippen LogP contribution < -0.4 is 4.74 Å². The molecular weight excluding hydrogens is 224 g/mol. The van der Waals surface area contributed by atoms with Gasteiger partial charge in [0.25, 0.3) is 0 Å². The van der Waals surface area contributed by atoms with Crippen LogP contribution >= 0.6 is 0 Å². The van der Waals surface area contributed by atoms with Gasteiger partial charge in [-0.3, -0.25) is 4.79 Å². The smallest absolute Gasteiger partial charge is 0.314 e. The topological polar surface area (TPSA) is 26.3 Å². The highest BCUT2D eigenvalue weighted by Gasteiger charge is 2.25. The monoisotopic (exact) mass is 246 g/mol. The molecule has 2 nitrogen and oxygen atoms in total. The molecule has 18 heavy (non-hydrogen) atoms. The normalized spacial score (nSPS) is 16.2. The molecule has 0 atom stereocenters. The lowest BCUT2D eigenvalue weighted by Crippen LogP contribution is -2.18. The van der Waals surface area contributed by atoms with E-state index >= 15 is 0 Å². The number of hydrogen-bond acceptors (Lipinski definition) is 2. The number of benzene rings is 1. The maximum absolute atomic E-state index is 12.1. The summed E-state index contributed by atoms with van der Waals surface area (Å²) in [5.41, 5.74) is 2.25. The molecule has 1 aliphatic rings. The van der Waals surface area contributed by atoms with E-state index in [9.17, 15) is 4.79 Å². The van der Waals surface area contributed by atoms with Gasteiger partial charge in [-0.15, -0.1) is 0 Å². The summed E-state index contributed by atoms with van der Waals surface area (Å²) in [4.78, 5) is 12.1. The molecule has 98 valence electrons. The largest absolute Gasteiger partial charge is 0.426 e. The van der Waals surface area contributed by atoms with Gasteiger partial charge in [0.05, 0.1) is 5.92 Å². The summed E-state index contributed by atoms with van der Waals surface area (Å²) in [5.74, 6) is 1.20. The molecule has 0 aromatic heterocycles. The van der Waals surface area contributed by atoms with Gasteiger partial charge in [-0.1, -0.05) is 38.8 Å². The highest BCUT2D eigenvalue weighted by atomic mass is 16.5. The van der Waals surface area contributed by atoms with Crippen LogP contribution in [-0.2, 0) is 4.79 Å². The lowest BCUT2D eigenvalue weighted by atomic mass is 10.0. The maximum Gasteiger partial charge on any atom is 0.314 e. The molecule has 1 fully saturated rings. The van der Waals surface area contributed by atoms with E-state index in [1.54, 1.807) is 0 Å². The van der Waals surface area contributed by atoms with Gasteiger partial charge in [0.1, 0.15) is 5.75 Å². The van der Waals surface area contributed by atoms with Gasteiger partial charge in [0.2, 0.25) is 0 Å². The van der Waals surface area contributed by atoms with Crippen molar-refractivity contribution in [2.75, 3.05) is 0 Å². The molecule has 0 heterocycles. The van der Waals surface area contributed by atoms with Crippen molar-refractivity contribution < 1.29 is 9.53 Å². The zero-order valence-corrected chi connectivity index (χ0v) is 11.5. The summed E-state index contributed by atoms with van der Waals surface area (Å²) in [5, 5.41) is 0. The second-order valence-corrected chi connectivity index (χ2v) is 5.60. The Labute approximate surface area is 109 Å². The highest BCUT2D eigenvalue weighted by molar-refractivity contribution is 5.75. The van der Waals surface area contributed by atoms with Crippen molar-refractivity contribution in [1.82, 2.24) is 0 Å². The van der Waals surface area contributed by atoms with E-state index in [1.165, 1.54) is 0 Å². The van der Waals surface area contributed by atoms with Crippen LogP contribution in [0.2, 0.25) is 0 Å². The molecule has 1 aliphatic carbocycles. The Kier molecular flexibility index (Phi) is 4.05. The van der Waals surface area contributed by atoms with Gasteiger partial charge in [0.15, 0.2) is 0 Å². The van der Waals surface area contributed by atoms with Crippen molar-refractivity contribution in [2.24, 2.45) is 5.92 Å². The molecule has 0 spiro atoms. The van der Waals surface area contributed by atoms with Crippen LogP contribution in [-0.4, -0.2) is 5.97 Å². The molecule has 0 bridgehead atoms. The molecule has 0 aliphatic heterocycles. The minimum atomic E-state index is -0.0417. The summed E-state index contributed by atoms with van der Waals surface area (Å²) in [6.07, 6.45) is 4.29. The first kappa shape index (κ1) is 13.1. The summed E-state index contributed by atoms with van der Waals surface area (Å²) in [6.45, 7) is 6.27. The molecule has 2 heteroatoms. The Morgan fingerprint density at radius 3 is 2.56 bits per heavy atom. The van der Waals surface area contributed by atoms with Crippen LogP contribution in [0.4, 0.5) is 0 Å². The van der Waals surface area contributed by atoms with E-state index in [2.05, 4.69) is 26.0 Å². The highest BCUT2D eigenvalue weighted by Crippen LogP contribution is 2.31. The summed E-state index contributed by atoms with van der Waals surface area (Å²) in [7, 11) is 0. The van der Waals surface area contributed by atoms with E-state index in [0.29, 0.717) is 5.92 Å². The lowest BCUT2D eigenvalue weighted by molar-refractivity contribution is -0.138. The summed E-state index contributed by atoms with van der Waals surface area (Å²) >= 11 is 0. The first-order valence-corrected chi connectivity index (χ1v) is 6.90. The molecule has 0 N–H and O–H groups in total. The van der Waals surface area contributed by atoms with Crippen molar-refractivity contribution in [3.05, 3.63) is 29.3 Å². The molecule has 0 unspecified atom stereocenters. The summed E-state index contributed by atoms with van der Waals surface area (Å²) in [6, 6.07) is 6.11. The number of ether oxygens (including phenoxy) is 1. The van der Waals surface area contributed by atoms with Crippen LogP contribution in [0.3, 0.4) is 0 Å². The number of hydrogen-bond donors (Lipinski definition) is 0. The average Bonchev–Trinajstić information content (AvgIpc) is 2.81. The van der Waals surface area contributed by atoms with Crippen molar-refractivity contribution in [3.8, 4) is 5.75 Å². The second kappa shape index (κ2) is 5.55. The van der Waals surface area contributed by atoms with E-state index in [1.807, 2.05) is 13.0 Å². The van der Waals surface area contributed by atoms with E-state index in [4.69, 9.17) is 4.74 Å². The fourth-order valence-electron chi connectivity index (χ4n) is 2.56. The number of carbonyl (C=O) groups excluding carboxylic acids is 1. The van der Waals surface area contributed by atoms with Crippen molar-refractivity contribution in [2.45, 2.75) is 52.4 Å². The Hall–Kier alpha value is -1.31. The molecule has 1 aromatic rings. The Balaban J connectivity index is 2.16. The third kappa shape index (κ3) is 2.92. The third-order valence-electron chi connectivity index (χ3n) is 3.69. The minimum absolute atomic E-state index is 0.0417. The van der Waals surface area contributed by atoms with Gasteiger partial charge in [-0.25, -0.2) is 0 Å². The number of rotatable bonds is 3. The minimum Gasteiger partial charge on any atom is -0.426 e. The van der Waals surface area contributed by atoms with Gasteiger partial charge in [-0.2, -0.15) is 0 Å². The van der Waals surface area contributed by atoms with E-state index in [0.717, 1.165) is 42.6 Å². The molecule has 2 rings (SSSR count). The molecule has 1 aromatic carbocycles. The fraction of sp³-hybridized carbons (Fsp3) is 0.562. The number of aryl methyl sites for hydroxylation is 1. The lowest BCUT2D eigenvalue weighted by Gasteiger charge is -2.15. The van der Waals surface area contributed by atoms with Crippen molar-refractivity contribution >= 4 is 5.97 Å². The summed E-state index contributed by atoms with van der Waals surface area (Å²) < 4.78 is 5.63. The quantitative estimate of drug-likeness (QED) is 0.589. The average molecular weight is 246 g/mol. The van der Waals surface area contributed by atoms with Crippen LogP contribution in [0.5, 0.6) is 5.75 Å². The predicted molar refractivity (Wildman–Crippen MR) is 72.9 cm³/mol. The van der Waals surface area contributed by atoms with E-state index < -0.39 is 0 Å². The first-order chi connectivity index (χ1) is 8.58.